The fraction of sp³-hybridized carbons (Fsp3) is 0.333. The fourth-order valence-corrected chi connectivity index (χ4v) is 4.34. The highest BCUT2D eigenvalue weighted by Gasteiger charge is 2.47. The first-order valence-electron chi connectivity index (χ1n) is 10.8. The van der Waals surface area contributed by atoms with E-state index in [9.17, 15) is 23.1 Å². The number of nitrogens with one attached hydrogen (secondary N) is 2. The van der Waals surface area contributed by atoms with Gasteiger partial charge in [0.05, 0.1) is 17.6 Å². The van der Waals surface area contributed by atoms with E-state index in [2.05, 4.69) is 15.5 Å². The summed E-state index contributed by atoms with van der Waals surface area (Å²) in [6.07, 6.45) is -4.72. The molecule has 0 bridgehead atoms. The summed E-state index contributed by atoms with van der Waals surface area (Å²) >= 11 is 0. The molecule has 10 heteroatoms. The van der Waals surface area contributed by atoms with E-state index in [4.69, 9.17) is 4.74 Å². The number of ether oxygens (including phenoxy) is 1. The molecule has 2 aromatic carbocycles. The first kappa shape index (κ1) is 23.8. The minimum Gasteiger partial charge on any atom is -0.488 e. The summed E-state index contributed by atoms with van der Waals surface area (Å²) in [4.78, 5) is 14.6. The van der Waals surface area contributed by atoms with Crippen molar-refractivity contribution in [3.63, 3.8) is 0 Å². The number of carbonyl (C=O) groups excluding carboxylic acids is 1. The highest BCUT2D eigenvalue weighted by Crippen LogP contribution is 2.34. The lowest BCUT2D eigenvalue weighted by atomic mass is 10.1. The van der Waals surface area contributed by atoms with Crippen LogP contribution in [0.4, 0.5) is 13.2 Å². The van der Waals surface area contributed by atoms with Crippen molar-refractivity contribution in [1.82, 2.24) is 20.4 Å². The van der Waals surface area contributed by atoms with E-state index >= 15 is 0 Å². The van der Waals surface area contributed by atoms with Gasteiger partial charge in [-0.1, -0.05) is 36.4 Å². The van der Waals surface area contributed by atoms with Gasteiger partial charge in [0.25, 0.3) is 5.91 Å². The molecule has 4 rings (SSSR count). The average molecular weight is 474 g/mol. The molecule has 0 radical (unpaired) electrons. The second-order valence-corrected chi connectivity index (χ2v) is 8.35. The molecule has 1 aliphatic carbocycles. The molecule has 3 aromatic rings. The molecule has 4 atom stereocenters. The number of halogens is 3. The average Bonchev–Trinajstić information content (AvgIpc) is 3.43. The van der Waals surface area contributed by atoms with Crippen molar-refractivity contribution in [2.45, 2.75) is 43.4 Å². The lowest BCUT2D eigenvalue weighted by molar-refractivity contribution is -0.137. The first-order chi connectivity index (χ1) is 16.2. The summed E-state index contributed by atoms with van der Waals surface area (Å²) in [6, 6.07) is 14.6. The van der Waals surface area contributed by atoms with E-state index in [1.165, 1.54) is 24.4 Å². The Hall–Kier alpha value is -3.37. The molecule has 0 spiro atoms. The number of hydrogen-bond donors (Lipinski definition) is 3. The molecule has 1 amide bonds. The molecule has 180 valence electrons. The number of alkyl halides is 3. The van der Waals surface area contributed by atoms with Crippen LogP contribution in [-0.4, -0.2) is 57.5 Å². The maximum Gasteiger partial charge on any atom is 0.416 e. The van der Waals surface area contributed by atoms with Gasteiger partial charge in [-0.3, -0.25) is 14.8 Å². The smallest absolute Gasteiger partial charge is 0.416 e. The predicted molar refractivity (Wildman–Crippen MR) is 118 cm³/mol. The Bertz CT molecular complexity index is 1090. The summed E-state index contributed by atoms with van der Waals surface area (Å²) in [5.74, 6) is -0.392. The zero-order valence-electron chi connectivity index (χ0n) is 18.4. The topological polar surface area (TPSA) is 90.5 Å². The molecule has 1 fully saturated rings. The van der Waals surface area contributed by atoms with Gasteiger partial charge in [0.2, 0.25) is 0 Å². The molecule has 1 saturated carbocycles. The maximum atomic E-state index is 13.1. The van der Waals surface area contributed by atoms with Gasteiger partial charge in [-0.25, -0.2) is 0 Å². The van der Waals surface area contributed by atoms with E-state index in [0.29, 0.717) is 6.54 Å². The van der Waals surface area contributed by atoms with Crippen LogP contribution < -0.4 is 10.1 Å². The third kappa shape index (κ3) is 5.40. The van der Waals surface area contributed by atoms with Gasteiger partial charge < -0.3 is 15.2 Å². The van der Waals surface area contributed by atoms with E-state index < -0.39 is 41.9 Å². The lowest BCUT2D eigenvalue weighted by Crippen LogP contribution is -2.51. The number of nitrogens with zero attached hydrogens (tertiary/aromatic N) is 2. The van der Waals surface area contributed by atoms with Crippen LogP contribution in [0.15, 0.2) is 66.9 Å². The highest BCUT2D eigenvalue weighted by molar-refractivity contribution is 5.92. The number of carbonyl (C=O) groups is 1. The van der Waals surface area contributed by atoms with Crippen LogP contribution in [0.3, 0.4) is 0 Å². The third-order valence-corrected chi connectivity index (χ3v) is 5.92. The molecule has 0 unspecified atom stereocenters. The second-order valence-electron chi connectivity index (χ2n) is 8.35. The van der Waals surface area contributed by atoms with Crippen LogP contribution in [0.25, 0.3) is 0 Å². The molecule has 0 saturated heterocycles. The largest absolute Gasteiger partial charge is 0.488 e. The van der Waals surface area contributed by atoms with Crippen molar-refractivity contribution in [3.05, 3.63) is 83.7 Å². The Morgan fingerprint density at radius 3 is 2.65 bits per heavy atom. The van der Waals surface area contributed by atoms with Gasteiger partial charge in [0.15, 0.2) is 0 Å². The van der Waals surface area contributed by atoms with Crippen molar-refractivity contribution in [3.8, 4) is 5.75 Å². The Morgan fingerprint density at radius 2 is 1.97 bits per heavy atom. The number of likely N-dealkylation sites (N-methyl/N-ethyl adjacent to an activating group) is 1. The zero-order valence-corrected chi connectivity index (χ0v) is 18.4. The lowest BCUT2D eigenvalue weighted by Gasteiger charge is -2.32. The molecule has 1 heterocycles. The Kier molecular flexibility index (Phi) is 6.90. The molecule has 3 N–H and O–H groups in total. The number of rotatable bonds is 7. The van der Waals surface area contributed by atoms with Gasteiger partial charge in [-0.2, -0.15) is 18.3 Å². The number of benzene rings is 2. The van der Waals surface area contributed by atoms with Gasteiger partial charge in [-0.05, 0) is 36.9 Å². The summed E-state index contributed by atoms with van der Waals surface area (Å²) in [7, 11) is 1.82. The third-order valence-electron chi connectivity index (χ3n) is 5.92. The van der Waals surface area contributed by atoms with Gasteiger partial charge in [-0.15, -0.1) is 0 Å². The second kappa shape index (κ2) is 9.86. The van der Waals surface area contributed by atoms with Gasteiger partial charge in [0, 0.05) is 19.2 Å². The summed E-state index contributed by atoms with van der Waals surface area (Å²) in [6.45, 7) is 0.495. The summed E-state index contributed by atoms with van der Waals surface area (Å²) in [5.41, 5.74) is 0.443. The molecular weight excluding hydrogens is 449 g/mol. The number of amides is 1. The molecule has 1 aliphatic rings. The highest BCUT2D eigenvalue weighted by atomic mass is 19.4. The Labute approximate surface area is 194 Å². The standard InChI is InChI=1S/C24H25F3N4O3/c1-31(14-15-6-3-2-4-7-15)21-19(29-23(33)18-10-11-28-30-18)13-20(22(21)32)34-17-9-5-8-16(12-17)24(25,26)27/h2-12,19-22,32H,13-14H2,1H3,(H,28,30)(H,29,33)/t19-,20-,21+,22+/m1/s1. The van der Waals surface area contributed by atoms with E-state index in [1.807, 2.05) is 42.3 Å². The van der Waals surface area contributed by atoms with Crippen LogP contribution in [-0.2, 0) is 12.7 Å². The van der Waals surface area contributed by atoms with Gasteiger partial charge >= 0.3 is 6.18 Å². The minimum atomic E-state index is -4.51. The van der Waals surface area contributed by atoms with Crippen LogP contribution >= 0.6 is 0 Å². The minimum absolute atomic E-state index is 0.00359. The molecule has 0 aliphatic heterocycles. The van der Waals surface area contributed by atoms with Crippen molar-refractivity contribution in [2.75, 3.05) is 7.05 Å². The maximum absolute atomic E-state index is 13.1. The first-order valence-corrected chi connectivity index (χ1v) is 10.8. The van der Waals surface area contributed by atoms with Gasteiger partial charge in [0.1, 0.15) is 23.7 Å². The van der Waals surface area contributed by atoms with Crippen molar-refractivity contribution in [1.29, 1.82) is 0 Å². The number of H-pyrrole nitrogens is 1. The summed E-state index contributed by atoms with van der Waals surface area (Å²) < 4.78 is 45.1. The van der Waals surface area contributed by atoms with E-state index in [1.54, 1.807) is 0 Å². The number of aromatic amines is 1. The monoisotopic (exact) mass is 474 g/mol. The van der Waals surface area contributed by atoms with Crippen LogP contribution in [0.5, 0.6) is 5.75 Å². The zero-order chi connectivity index (χ0) is 24.3. The Morgan fingerprint density at radius 1 is 1.21 bits per heavy atom. The number of aromatic nitrogens is 2. The van der Waals surface area contributed by atoms with Crippen LogP contribution in [0.2, 0.25) is 0 Å². The van der Waals surface area contributed by atoms with Crippen LogP contribution in [0.1, 0.15) is 28.0 Å². The van der Waals surface area contributed by atoms with Crippen molar-refractivity contribution >= 4 is 5.91 Å². The molecule has 1 aromatic heterocycles. The SMILES string of the molecule is CN(Cc1ccccc1)[C@@H]1[C@@H](O)[C@H](Oc2cccc(C(F)(F)F)c2)C[C@H]1NC(=O)c1ccn[nH]1. The van der Waals surface area contributed by atoms with Crippen LogP contribution in [0, 0.1) is 0 Å². The van der Waals surface area contributed by atoms with E-state index in [0.717, 1.165) is 17.7 Å². The molecular formula is C24H25F3N4O3. The Balaban J connectivity index is 1.55. The quantitative estimate of drug-likeness (QED) is 0.489. The fourth-order valence-electron chi connectivity index (χ4n) is 4.34. The number of aliphatic hydroxyl groups excluding tert-OH is 1. The number of hydrogen-bond acceptors (Lipinski definition) is 5. The predicted octanol–water partition coefficient (Wildman–Crippen LogP) is 3.24. The summed E-state index contributed by atoms with van der Waals surface area (Å²) in [5, 5.41) is 20.4. The normalized spacial score (nSPS) is 22.6. The molecule has 34 heavy (non-hydrogen) atoms. The van der Waals surface area contributed by atoms with E-state index in [-0.39, 0.29) is 17.9 Å². The van der Waals surface area contributed by atoms with Crippen molar-refractivity contribution in [2.24, 2.45) is 0 Å². The molecule has 7 nitrogen and oxygen atoms in total. The van der Waals surface area contributed by atoms with Crippen molar-refractivity contribution < 1.29 is 27.8 Å². The number of aliphatic hydroxyl groups is 1.